The fraction of sp³-hybridized carbons (Fsp3) is 0.792. The molecule has 3 nitrogen and oxygen atoms in total. The van der Waals surface area contributed by atoms with E-state index in [0.717, 1.165) is 54.2 Å². The molecule has 0 aromatic heterocycles. The first-order valence-corrected chi connectivity index (χ1v) is 11.4. The Hall–Kier alpha value is -1.09. The summed E-state index contributed by atoms with van der Waals surface area (Å²) in [6, 6.07) is 0. The second-order valence-corrected chi connectivity index (χ2v) is 10.6. The molecule has 0 amide bonds. The van der Waals surface area contributed by atoms with Gasteiger partial charge in [-0.2, -0.15) is 0 Å². The molecule has 1 N–H and O–H groups in total. The van der Waals surface area contributed by atoms with Crippen LogP contribution in [0.25, 0.3) is 0 Å². The van der Waals surface area contributed by atoms with Crippen LogP contribution in [0.15, 0.2) is 29.0 Å². The Labute approximate surface area is 162 Å². The number of fused-ring (bicyclic) bond motifs is 6. The summed E-state index contributed by atoms with van der Waals surface area (Å²) in [6.45, 7) is 3.39. The Balaban J connectivity index is 1.39. The van der Waals surface area contributed by atoms with E-state index in [1.807, 2.05) is 0 Å². The first-order chi connectivity index (χ1) is 13.2. The van der Waals surface area contributed by atoms with Gasteiger partial charge in [0.25, 0.3) is 0 Å². The summed E-state index contributed by atoms with van der Waals surface area (Å²) in [5.74, 6) is 5.14. The van der Waals surface area contributed by atoms with Crippen molar-refractivity contribution in [3.8, 4) is 0 Å². The second kappa shape index (κ2) is 5.72. The van der Waals surface area contributed by atoms with E-state index in [0.29, 0.717) is 5.41 Å². The van der Waals surface area contributed by atoms with E-state index in [1.54, 1.807) is 5.57 Å². The van der Waals surface area contributed by atoms with Gasteiger partial charge >= 0.3 is 0 Å². The molecule has 146 valence electrons. The van der Waals surface area contributed by atoms with Gasteiger partial charge in [-0.25, -0.2) is 0 Å². The predicted molar refractivity (Wildman–Crippen MR) is 106 cm³/mol. The lowest BCUT2D eigenvalue weighted by atomic mass is 9.47. The van der Waals surface area contributed by atoms with Crippen molar-refractivity contribution < 1.29 is 9.94 Å². The van der Waals surface area contributed by atoms with Crippen LogP contribution in [0.1, 0.15) is 64.7 Å². The van der Waals surface area contributed by atoms with Crippen LogP contribution in [0.3, 0.4) is 0 Å². The summed E-state index contributed by atoms with van der Waals surface area (Å²) in [7, 11) is 0. The van der Waals surface area contributed by atoms with E-state index in [-0.39, 0.29) is 5.60 Å². The normalized spacial score (nSPS) is 52.6. The van der Waals surface area contributed by atoms with Crippen LogP contribution in [0.5, 0.6) is 0 Å². The molecule has 6 rings (SSSR count). The zero-order chi connectivity index (χ0) is 18.2. The van der Waals surface area contributed by atoms with Crippen molar-refractivity contribution in [2.75, 3.05) is 6.61 Å². The number of hydrogen-bond acceptors (Lipinski definition) is 3. The minimum atomic E-state index is 0.0378. The van der Waals surface area contributed by atoms with E-state index in [9.17, 15) is 5.21 Å². The van der Waals surface area contributed by atoms with Gasteiger partial charge in [0, 0.05) is 5.41 Å². The molecule has 0 bridgehead atoms. The van der Waals surface area contributed by atoms with Gasteiger partial charge in [0.2, 0.25) is 0 Å². The fourth-order valence-corrected chi connectivity index (χ4v) is 8.41. The monoisotopic (exact) mass is 367 g/mol. The van der Waals surface area contributed by atoms with Gasteiger partial charge in [-0.15, -0.1) is 0 Å². The molecule has 4 unspecified atom stereocenters. The number of oxime groups is 1. The van der Waals surface area contributed by atoms with E-state index in [4.69, 9.17) is 4.74 Å². The van der Waals surface area contributed by atoms with Crippen molar-refractivity contribution in [3.05, 3.63) is 23.8 Å². The minimum absolute atomic E-state index is 0.0378. The van der Waals surface area contributed by atoms with Crippen molar-refractivity contribution in [1.82, 2.24) is 0 Å². The number of hydrogen-bond donors (Lipinski definition) is 1. The van der Waals surface area contributed by atoms with Crippen LogP contribution in [0.2, 0.25) is 0 Å². The van der Waals surface area contributed by atoms with Crippen molar-refractivity contribution in [2.24, 2.45) is 46.1 Å². The zero-order valence-corrected chi connectivity index (χ0v) is 16.6. The summed E-state index contributed by atoms with van der Waals surface area (Å²) >= 11 is 0. The highest BCUT2D eigenvalue weighted by Crippen LogP contribution is 2.69. The number of rotatable bonds is 1. The number of allylic oxidation sites excluding steroid dienone is 2. The third-order valence-electron chi connectivity index (χ3n) is 9.77. The van der Waals surface area contributed by atoms with Gasteiger partial charge in [0.15, 0.2) is 0 Å². The molecule has 1 aliphatic heterocycles. The van der Waals surface area contributed by atoms with Crippen LogP contribution >= 0.6 is 0 Å². The van der Waals surface area contributed by atoms with E-state index in [1.165, 1.54) is 51.4 Å². The molecular weight excluding hydrogens is 334 g/mol. The van der Waals surface area contributed by atoms with Gasteiger partial charge in [-0.1, -0.05) is 29.8 Å². The third-order valence-corrected chi connectivity index (χ3v) is 9.77. The van der Waals surface area contributed by atoms with Crippen LogP contribution in [0.4, 0.5) is 0 Å². The average molecular weight is 368 g/mol. The maximum atomic E-state index is 9.30. The molecule has 27 heavy (non-hydrogen) atoms. The van der Waals surface area contributed by atoms with Crippen molar-refractivity contribution in [3.63, 3.8) is 0 Å². The van der Waals surface area contributed by atoms with Gasteiger partial charge in [0.05, 0.1) is 17.9 Å². The topological polar surface area (TPSA) is 41.8 Å². The standard InChI is InChI=1S/C24H33NO2/c1-23-10-7-19-18-6-5-17(25-26)13-16(18)14-20(15-3-4-15)22(19)21(23)8-11-24(23)9-2-12-27-24/h2,9,13,15,18-22,26H,3-8,10-12,14H2,1H3/b25-17+/t18-,19?,20?,21?,22?,23-,24-/m0/s1. The highest BCUT2D eigenvalue weighted by atomic mass is 16.5. The minimum Gasteiger partial charge on any atom is -0.411 e. The van der Waals surface area contributed by atoms with Crippen molar-refractivity contribution in [2.45, 2.75) is 70.3 Å². The summed E-state index contributed by atoms with van der Waals surface area (Å²) in [5, 5.41) is 12.9. The number of nitrogens with zero attached hydrogens (tertiary/aromatic N) is 1. The van der Waals surface area contributed by atoms with E-state index < -0.39 is 0 Å². The van der Waals surface area contributed by atoms with Crippen LogP contribution < -0.4 is 0 Å². The third kappa shape index (κ3) is 2.21. The van der Waals surface area contributed by atoms with E-state index >= 15 is 0 Å². The molecule has 0 saturated heterocycles. The lowest BCUT2D eigenvalue weighted by Gasteiger charge is -2.58. The predicted octanol–water partition coefficient (Wildman–Crippen LogP) is 5.35. The molecule has 3 heteroatoms. The van der Waals surface area contributed by atoms with Crippen LogP contribution in [-0.2, 0) is 4.74 Å². The molecule has 5 aliphatic carbocycles. The fourth-order valence-electron chi connectivity index (χ4n) is 8.41. The molecule has 0 aromatic carbocycles. The van der Waals surface area contributed by atoms with E-state index in [2.05, 4.69) is 30.3 Å². The second-order valence-electron chi connectivity index (χ2n) is 10.6. The SMILES string of the molecule is C[C@]12CCC3C(C(C4CC4)CC4=C/C(=N/O)CC[C@@H]43)C1CC[C@@]21C=CCO1. The largest absolute Gasteiger partial charge is 0.411 e. The van der Waals surface area contributed by atoms with Gasteiger partial charge in [-0.05, 0) is 99.4 Å². The van der Waals surface area contributed by atoms with Crippen LogP contribution in [0, 0.1) is 40.9 Å². The van der Waals surface area contributed by atoms with Gasteiger partial charge in [-0.3, -0.25) is 0 Å². The maximum absolute atomic E-state index is 9.30. The van der Waals surface area contributed by atoms with Gasteiger partial charge < -0.3 is 9.94 Å². The molecule has 6 aliphatic rings. The quantitative estimate of drug-likeness (QED) is 0.385. The molecule has 0 aromatic rings. The Morgan fingerprint density at radius 2 is 2.00 bits per heavy atom. The molecule has 1 spiro atoms. The summed E-state index contributed by atoms with van der Waals surface area (Å²) in [5.41, 5.74) is 2.91. The maximum Gasteiger partial charge on any atom is 0.0923 e. The molecule has 4 fully saturated rings. The number of ether oxygens (including phenoxy) is 1. The van der Waals surface area contributed by atoms with Crippen molar-refractivity contribution in [1.29, 1.82) is 0 Å². The highest BCUT2D eigenvalue weighted by molar-refractivity contribution is 5.96. The average Bonchev–Trinajstić information content (AvgIpc) is 3.35. The van der Waals surface area contributed by atoms with Crippen LogP contribution in [-0.4, -0.2) is 23.1 Å². The molecule has 4 saturated carbocycles. The first kappa shape index (κ1) is 16.8. The Morgan fingerprint density at radius 1 is 1.11 bits per heavy atom. The lowest BCUT2D eigenvalue weighted by Crippen LogP contribution is -2.54. The summed E-state index contributed by atoms with van der Waals surface area (Å²) in [6.07, 6.45) is 18.6. The Morgan fingerprint density at radius 3 is 2.74 bits per heavy atom. The Bertz CT molecular complexity index is 735. The summed E-state index contributed by atoms with van der Waals surface area (Å²) < 4.78 is 6.43. The highest BCUT2D eigenvalue weighted by Gasteiger charge is 2.65. The summed E-state index contributed by atoms with van der Waals surface area (Å²) in [4.78, 5) is 0. The molecule has 1 heterocycles. The van der Waals surface area contributed by atoms with Crippen molar-refractivity contribution >= 4 is 5.71 Å². The van der Waals surface area contributed by atoms with Gasteiger partial charge in [0.1, 0.15) is 0 Å². The Kier molecular flexibility index (Phi) is 3.56. The first-order valence-electron chi connectivity index (χ1n) is 11.4. The molecule has 0 radical (unpaired) electrons. The lowest BCUT2D eigenvalue weighted by molar-refractivity contribution is -0.122. The zero-order valence-electron chi connectivity index (χ0n) is 16.6. The smallest absolute Gasteiger partial charge is 0.0923 e. The molecule has 7 atom stereocenters. The molecular formula is C24H33NO2.